The lowest BCUT2D eigenvalue weighted by Gasteiger charge is -2.41. The van der Waals surface area contributed by atoms with E-state index in [-0.39, 0.29) is 11.6 Å². The van der Waals surface area contributed by atoms with Crippen LogP contribution in [0.15, 0.2) is 42.5 Å². The van der Waals surface area contributed by atoms with Gasteiger partial charge in [-0.1, -0.05) is 24.3 Å². The predicted molar refractivity (Wildman–Crippen MR) is 127 cm³/mol. The molecule has 170 valence electrons. The second-order valence-electron chi connectivity index (χ2n) is 9.61. The van der Waals surface area contributed by atoms with Gasteiger partial charge in [-0.25, -0.2) is 4.68 Å². The molecule has 0 amide bonds. The SMILES string of the molecule is COc1ccc([C@@H](c2nnnn2C(C)(C)C)N2CCN(c3cc(C)ccc3C)CC2)cc1. The molecule has 2 aromatic carbocycles. The normalized spacial score (nSPS) is 16.2. The number of rotatable bonds is 5. The van der Waals surface area contributed by atoms with E-state index in [1.165, 1.54) is 22.4 Å². The summed E-state index contributed by atoms with van der Waals surface area (Å²) in [6.45, 7) is 14.6. The molecule has 0 spiro atoms. The number of methoxy groups -OCH3 is 1. The third kappa shape index (κ3) is 4.48. The van der Waals surface area contributed by atoms with Gasteiger partial charge < -0.3 is 9.64 Å². The maximum absolute atomic E-state index is 5.38. The van der Waals surface area contributed by atoms with Crippen LogP contribution in [0.4, 0.5) is 5.69 Å². The van der Waals surface area contributed by atoms with Gasteiger partial charge in [0.1, 0.15) is 5.75 Å². The molecular formula is C25H34N6O. The largest absolute Gasteiger partial charge is 0.497 e. The number of ether oxygens (including phenoxy) is 1. The summed E-state index contributed by atoms with van der Waals surface area (Å²) in [4.78, 5) is 4.99. The summed E-state index contributed by atoms with van der Waals surface area (Å²) in [6, 6.07) is 15.0. The van der Waals surface area contributed by atoms with E-state index in [0.29, 0.717) is 0 Å². The van der Waals surface area contributed by atoms with Gasteiger partial charge in [0.05, 0.1) is 18.7 Å². The van der Waals surface area contributed by atoms with Crippen molar-refractivity contribution < 1.29 is 4.74 Å². The molecule has 0 saturated carbocycles. The van der Waals surface area contributed by atoms with Crippen LogP contribution in [0.3, 0.4) is 0 Å². The average Bonchev–Trinajstić information content (AvgIpc) is 3.27. The van der Waals surface area contributed by atoms with Crippen LogP contribution >= 0.6 is 0 Å². The molecule has 1 aliphatic heterocycles. The first kappa shape index (κ1) is 22.3. The van der Waals surface area contributed by atoms with Gasteiger partial charge in [-0.05, 0) is 79.9 Å². The van der Waals surface area contributed by atoms with E-state index >= 15 is 0 Å². The zero-order valence-electron chi connectivity index (χ0n) is 20.0. The van der Waals surface area contributed by atoms with Gasteiger partial charge in [-0.15, -0.1) is 5.10 Å². The Morgan fingerprint density at radius 1 is 0.938 bits per heavy atom. The number of nitrogens with zero attached hydrogens (tertiary/aromatic N) is 6. The van der Waals surface area contributed by atoms with E-state index in [0.717, 1.165) is 37.8 Å². The first-order valence-corrected chi connectivity index (χ1v) is 11.3. The molecule has 0 bridgehead atoms. The molecule has 1 saturated heterocycles. The second-order valence-corrected chi connectivity index (χ2v) is 9.61. The molecular weight excluding hydrogens is 400 g/mol. The maximum atomic E-state index is 5.38. The van der Waals surface area contributed by atoms with Crippen molar-refractivity contribution in [3.05, 3.63) is 65.0 Å². The summed E-state index contributed by atoms with van der Waals surface area (Å²) in [6.07, 6.45) is 0. The Bertz CT molecular complexity index is 1050. The molecule has 3 aromatic rings. The number of benzene rings is 2. The van der Waals surface area contributed by atoms with Gasteiger partial charge in [-0.3, -0.25) is 4.90 Å². The van der Waals surface area contributed by atoms with Crippen molar-refractivity contribution in [2.45, 2.75) is 46.2 Å². The summed E-state index contributed by atoms with van der Waals surface area (Å²) in [5, 5.41) is 12.9. The number of anilines is 1. The zero-order chi connectivity index (χ0) is 22.9. The molecule has 0 radical (unpaired) electrons. The Morgan fingerprint density at radius 2 is 1.62 bits per heavy atom. The van der Waals surface area contributed by atoms with Crippen LogP contribution in [-0.2, 0) is 5.54 Å². The van der Waals surface area contributed by atoms with Crippen LogP contribution in [0.2, 0.25) is 0 Å². The molecule has 7 heteroatoms. The molecule has 0 N–H and O–H groups in total. The number of hydrogen-bond donors (Lipinski definition) is 0. The van der Waals surface area contributed by atoms with E-state index in [1.807, 2.05) is 16.8 Å². The van der Waals surface area contributed by atoms with Crippen LogP contribution in [0.1, 0.15) is 49.3 Å². The third-order valence-electron chi connectivity index (χ3n) is 6.19. The Morgan fingerprint density at radius 3 is 2.25 bits per heavy atom. The summed E-state index contributed by atoms with van der Waals surface area (Å²) >= 11 is 0. The van der Waals surface area contributed by atoms with Crippen LogP contribution < -0.4 is 9.64 Å². The van der Waals surface area contributed by atoms with Crippen LogP contribution in [0.5, 0.6) is 5.75 Å². The molecule has 32 heavy (non-hydrogen) atoms. The minimum absolute atomic E-state index is 0.0177. The highest BCUT2D eigenvalue weighted by Gasteiger charge is 2.33. The van der Waals surface area contributed by atoms with E-state index in [2.05, 4.69) is 90.3 Å². The molecule has 0 aliphatic carbocycles. The standard InChI is InChI=1S/C25H34N6O/c1-18-7-8-19(2)22(17-18)29-13-15-30(16-14-29)23(20-9-11-21(32-6)12-10-20)24-26-27-28-31(24)25(3,4)5/h7-12,17,23H,13-16H2,1-6H3/t23-/m0/s1. The van der Waals surface area contributed by atoms with Crippen molar-refractivity contribution in [3.63, 3.8) is 0 Å². The average molecular weight is 435 g/mol. The van der Waals surface area contributed by atoms with Crippen molar-refractivity contribution in [1.29, 1.82) is 0 Å². The Hall–Kier alpha value is -2.93. The number of aromatic nitrogens is 4. The number of piperazine rings is 1. The van der Waals surface area contributed by atoms with Gasteiger partial charge in [-0.2, -0.15) is 0 Å². The highest BCUT2D eigenvalue weighted by Crippen LogP contribution is 2.32. The van der Waals surface area contributed by atoms with E-state index in [1.54, 1.807) is 7.11 Å². The summed E-state index contributed by atoms with van der Waals surface area (Å²) in [5.74, 6) is 1.73. The minimum atomic E-state index is -0.204. The molecule has 1 fully saturated rings. The fourth-order valence-electron chi connectivity index (χ4n) is 4.43. The Kier molecular flexibility index (Phi) is 6.20. The van der Waals surface area contributed by atoms with Gasteiger partial charge in [0.15, 0.2) is 5.82 Å². The van der Waals surface area contributed by atoms with Gasteiger partial charge in [0, 0.05) is 31.9 Å². The zero-order valence-corrected chi connectivity index (χ0v) is 20.0. The Labute approximate surface area is 191 Å². The molecule has 1 aromatic heterocycles. The van der Waals surface area contributed by atoms with Crippen molar-refractivity contribution in [3.8, 4) is 5.75 Å². The topological polar surface area (TPSA) is 59.3 Å². The fourth-order valence-corrected chi connectivity index (χ4v) is 4.43. The lowest BCUT2D eigenvalue weighted by atomic mass is 10.0. The summed E-state index contributed by atoms with van der Waals surface area (Å²) < 4.78 is 7.34. The third-order valence-corrected chi connectivity index (χ3v) is 6.19. The van der Waals surface area contributed by atoms with Gasteiger partial charge in [0.25, 0.3) is 0 Å². The van der Waals surface area contributed by atoms with Crippen molar-refractivity contribution in [1.82, 2.24) is 25.1 Å². The molecule has 1 atom stereocenters. The smallest absolute Gasteiger partial charge is 0.173 e. The molecule has 2 heterocycles. The van der Waals surface area contributed by atoms with E-state index < -0.39 is 0 Å². The molecule has 0 unspecified atom stereocenters. The van der Waals surface area contributed by atoms with Crippen molar-refractivity contribution in [2.24, 2.45) is 0 Å². The number of aryl methyl sites for hydroxylation is 2. The fraction of sp³-hybridized carbons (Fsp3) is 0.480. The van der Waals surface area contributed by atoms with Gasteiger partial charge >= 0.3 is 0 Å². The highest BCUT2D eigenvalue weighted by molar-refractivity contribution is 5.55. The van der Waals surface area contributed by atoms with Crippen molar-refractivity contribution >= 4 is 5.69 Å². The second kappa shape index (κ2) is 8.90. The number of tetrazole rings is 1. The van der Waals surface area contributed by atoms with Crippen LogP contribution in [-0.4, -0.2) is 58.4 Å². The van der Waals surface area contributed by atoms with E-state index in [4.69, 9.17) is 4.74 Å². The van der Waals surface area contributed by atoms with Gasteiger partial charge in [0.2, 0.25) is 0 Å². The highest BCUT2D eigenvalue weighted by atomic mass is 16.5. The quantitative estimate of drug-likeness (QED) is 0.606. The number of hydrogen-bond acceptors (Lipinski definition) is 6. The molecule has 4 rings (SSSR count). The Balaban J connectivity index is 1.64. The molecule has 1 aliphatic rings. The summed E-state index contributed by atoms with van der Waals surface area (Å²) in [5.41, 5.74) is 4.93. The van der Waals surface area contributed by atoms with Crippen LogP contribution in [0, 0.1) is 13.8 Å². The lowest BCUT2D eigenvalue weighted by molar-refractivity contribution is 0.191. The predicted octanol–water partition coefficient (Wildman–Crippen LogP) is 3.97. The first-order valence-electron chi connectivity index (χ1n) is 11.3. The van der Waals surface area contributed by atoms with Crippen LogP contribution in [0.25, 0.3) is 0 Å². The summed E-state index contributed by atoms with van der Waals surface area (Å²) in [7, 11) is 1.69. The molecule has 7 nitrogen and oxygen atoms in total. The maximum Gasteiger partial charge on any atom is 0.173 e. The lowest BCUT2D eigenvalue weighted by Crippen LogP contribution is -2.49. The monoisotopic (exact) mass is 434 g/mol. The first-order chi connectivity index (χ1) is 15.3. The van der Waals surface area contributed by atoms with E-state index in [9.17, 15) is 0 Å². The minimum Gasteiger partial charge on any atom is -0.497 e. The van der Waals surface area contributed by atoms with Crippen molar-refractivity contribution in [2.75, 3.05) is 38.2 Å².